The summed E-state index contributed by atoms with van der Waals surface area (Å²) in [6, 6.07) is 18.4. The third-order valence-electron chi connectivity index (χ3n) is 16.1. The molecule has 13 heteroatoms. The Morgan fingerprint density at radius 1 is 0.671 bits per heavy atom. The number of ketones is 1. The molecule has 79 heavy (non-hydrogen) atoms. The molecule has 2 aromatic carbocycles. The first-order chi connectivity index (χ1) is 36.8. The average molecular weight is 1110 g/mol. The van der Waals surface area contributed by atoms with Crippen LogP contribution in [0.3, 0.4) is 0 Å². The van der Waals surface area contributed by atoms with Crippen molar-refractivity contribution >= 4 is 22.4 Å². The third-order valence-corrected chi connectivity index (χ3v) is 25.1. The molecule has 6 rings (SSSR count). The molecular weight excluding hydrogens is 1010 g/mol. The Kier molecular flexibility index (Phi) is 30.0. The number of ether oxygens (including phenoxy) is 4. The van der Waals surface area contributed by atoms with E-state index in [9.17, 15) is 9.90 Å². The molecule has 2 aromatic heterocycles. The van der Waals surface area contributed by atoms with Crippen molar-refractivity contribution in [3.05, 3.63) is 115 Å². The second-order valence-electron chi connectivity index (χ2n) is 24.1. The summed E-state index contributed by atoms with van der Waals surface area (Å²) in [5.41, 5.74) is 0.318. The second-order valence-corrected chi connectivity index (χ2v) is 33.7. The maximum absolute atomic E-state index is 12.8. The number of Topliss-reactive ketones (excluding diaryl/α,β-unsaturated/α-hetero) is 1. The molecular formula is C66H99LiN2O8Si2. The number of nitrogens with zero attached hydrogens (tertiary/aromatic N) is 2. The summed E-state index contributed by atoms with van der Waals surface area (Å²) in [5.74, 6) is 11.9. The first-order valence-electron chi connectivity index (χ1n) is 28.5. The molecule has 3 unspecified atom stereocenters. The van der Waals surface area contributed by atoms with Gasteiger partial charge in [0.05, 0.1) is 30.6 Å². The smallest absolute Gasteiger partial charge is 0.497 e. The Bertz CT molecular complexity index is 2510. The second kappa shape index (κ2) is 33.5. The number of aromatic nitrogens is 2. The van der Waals surface area contributed by atoms with Crippen molar-refractivity contribution in [2.75, 3.05) is 40.6 Å². The summed E-state index contributed by atoms with van der Waals surface area (Å²) in [4.78, 5) is 20.9. The van der Waals surface area contributed by atoms with Crippen molar-refractivity contribution < 1.29 is 56.6 Å². The Morgan fingerprint density at radius 2 is 1.11 bits per heavy atom. The maximum Gasteiger partial charge on any atom is 1.00 e. The zero-order valence-electron chi connectivity index (χ0n) is 51.8. The van der Waals surface area contributed by atoms with E-state index in [1.54, 1.807) is 57.2 Å². The number of hydrogen-bond acceptors (Lipinski definition) is 10. The van der Waals surface area contributed by atoms with Crippen LogP contribution in [0.15, 0.2) is 85.5 Å². The van der Waals surface area contributed by atoms with Gasteiger partial charge in [0.15, 0.2) is 28.0 Å². The minimum atomic E-state index is -1.64. The summed E-state index contributed by atoms with van der Waals surface area (Å²) in [6.45, 7) is 35.0. The molecule has 1 N–H and O–H groups in total. The fourth-order valence-electron chi connectivity index (χ4n) is 8.33. The molecule has 0 saturated carbocycles. The standard InChI is InChI=1S/C31H45NO4Si.C16H15NO3.C15H30OSi.C4H9.Li/c1-29(2,3)37(6,7)36-22-14-12-10-8-9-11-13-19-31(33)27-16-15-26(34-5)23-28(27)35-24-30(31,4)25-17-20-32-21-18-25;1-16(11-5-7-17-8-6-11)10-20-14-9-12(19-2)3-4-13(14)15(16)18;1-7-8-9-10-11-12-13-14-16-17(5,6)15(2,3)4;1-3-4-2;/h15-18,20-21,23,33H,8-12,14,22,24H2,1-7H3;3-9H,10H2,1-2H3;1H,8-14H2,2-6H3;1,3-4H2,2H3;/q;;;-1;+1. The van der Waals surface area contributed by atoms with Crippen molar-refractivity contribution in [2.24, 2.45) is 0 Å². The molecule has 2 aliphatic rings. The Hall–Kier alpha value is -4.36. The van der Waals surface area contributed by atoms with Crippen LogP contribution in [0, 0.1) is 31.1 Å². The Labute approximate surface area is 493 Å². The maximum atomic E-state index is 12.8. The van der Waals surface area contributed by atoms with Gasteiger partial charge in [0.1, 0.15) is 36.2 Å². The summed E-state index contributed by atoms with van der Waals surface area (Å²) in [5, 5.41) is 12.8. The molecule has 0 aliphatic carbocycles. The molecule has 430 valence electrons. The largest absolute Gasteiger partial charge is 1.00 e. The number of carbonyl (C=O) groups excluding carboxylic acids is 1. The molecule has 0 spiro atoms. The van der Waals surface area contributed by atoms with Crippen LogP contribution in [0.1, 0.15) is 179 Å². The van der Waals surface area contributed by atoms with Crippen LogP contribution in [0.4, 0.5) is 0 Å². The van der Waals surface area contributed by atoms with Gasteiger partial charge in [0.25, 0.3) is 0 Å². The van der Waals surface area contributed by atoms with Gasteiger partial charge in [-0.2, -0.15) is 6.42 Å². The van der Waals surface area contributed by atoms with Crippen LogP contribution in [0.2, 0.25) is 36.3 Å². The molecule has 4 aromatic rings. The molecule has 0 fully saturated rings. The van der Waals surface area contributed by atoms with E-state index in [1.807, 2.05) is 56.3 Å². The molecule has 10 nitrogen and oxygen atoms in total. The van der Waals surface area contributed by atoms with E-state index >= 15 is 0 Å². The Balaban J connectivity index is 0.000000427. The van der Waals surface area contributed by atoms with Gasteiger partial charge in [-0.05, 0) is 135 Å². The van der Waals surface area contributed by atoms with E-state index in [2.05, 4.69) is 109 Å². The number of benzene rings is 2. The Morgan fingerprint density at radius 3 is 1.59 bits per heavy atom. The molecule has 4 heterocycles. The van der Waals surface area contributed by atoms with Gasteiger partial charge < -0.3 is 39.8 Å². The fourth-order valence-corrected chi connectivity index (χ4v) is 10.5. The number of terminal acetylenes is 1. The quantitative estimate of drug-likeness (QED) is 0.0374. The zero-order valence-corrected chi connectivity index (χ0v) is 53.8. The molecule has 0 radical (unpaired) electrons. The van der Waals surface area contributed by atoms with Gasteiger partial charge in [-0.3, -0.25) is 14.8 Å². The van der Waals surface area contributed by atoms with E-state index in [1.165, 1.54) is 51.4 Å². The summed E-state index contributed by atoms with van der Waals surface area (Å²) in [7, 11) is 0.0590. The monoisotopic (exact) mass is 1110 g/mol. The predicted octanol–water partition coefficient (Wildman–Crippen LogP) is 13.2. The SMILES string of the molecule is C#CCCCCCCCO[Si](C)(C)C(C)(C)C.COc1ccc2c(c1)OCC(C)(c1ccncc1)C2(O)C#CCCCCCCCO[Si](C)(C)C(C)(C)C.COc1ccc2c(c1)OCC(C)(c1ccncc1)C2=O.[CH2-]CCC.[Li+]. The van der Waals surface area contributed by atoms with Crippen LogP contribution in [-0.4, -0.2) is 78.1 Å². The topological polar surface area (TPSA) is 118 Å². The van der Waals surface area contributed by atoms with E-state index in [4.69, 9.17) is 34.2 Å². The van der Waals surface area contributed by atoms with Gasteiger partial charge >= 0.3 is 18.9 Å². The van der Waals surface area contributed by atoms with Crippen molar-refractivity contribution in [3.8, 4) is 47.2 Å². The van der Waals surface area contributed by atoms with Gasteiger partial charge in [0, 0.05) is 68.5 Å². The minimum Gasteiger partial charge on any atom is -0.497 e. The normalized spacial score (nSPS) is 18.4. The van der Waals surface area contributed by atoms with Crippen molar-refractivity contribution in [1.82, 2.24) is 9.97 Å². The van der Waals surface area contributed by atoms with E-state index < -0.39 is 33.1 Å². The molecule has 2 aliphatic heterocycles. The van der Waals surface area contributed by atoms with Crippen molar-refractivity contribution in [2.45, 2.75) is 205 Å². The number of aliphatic hydroxyl groups is 1. The van der Waals surface area contributed by atoms with E-state index in [-0.39, 0.29) is 29.7 Å². The number of methoxy groups -OCH3 is 2. The van der Waals surface area contributed by atoms with Crippen LogP contribution in [0.5, 0.6) is 23.0 Å². The molecule has 3 atom stereocenters. The number of unbranched alkanes of at least 4 members (excludes halogenated alkanes) is 11. The molecule has 0 saturated heterocycles. The van der Waals surface area contributed by atoms with Crippen molar-refractivity contribution in [1.29, 1.82) is 0 Å². The van der Waals surface area contributed by atoms with Crippen molar-refractivity contribution in [3.63, 3.8) is 0 Å². The number of hydrogen-bond donors (Lipinski definition) is 1. The molecule has 0 bridgehead atoms. The number of pyridine rings is 2. The number of carbonyl (C=O) groups is 1. The van der Waals surface area contributed by atoms with Crippen LogP contribution in [0.25, 0.3) is 0 Å². The zero-order chi connectivity index (χ0) is 58.1. The van der Waals surface area contributed by atoms with Crippen LogP contribution in [-0.2, 0) is 25.3 Å². The van der Waals surface area contributed by atoms with E-state index in [0.717, 1.165) is 62.9 Å². The number of rotatable bonds is 21. The van der Waals surface area contributed by atoms with E-state index in [0.29, 0.717) is 52.4 Å². The minimum absolute atomic E-state index is 0. The van der Waals surface area contributed by atoms with Gasteiger partial charge in [-0.15, -0.1) is 12.3 Å². The predicted molar refractivity (Wildman–Crippen MR) is 327 cm³/mol. The van der Waals surface area contributed by atoms with Gasteiger partial charge in [-0.1, -0.05) is 105 Å². The average Bonchev–Trinajstić information content (AvgIpc) is 3.59. The third kappa shape index (κ3) is 20.5. The first-order valence-corrected chi connectivity index (χ1v) is 34.3. The summed E-state index contributed by atoms with van der Waals surface area (Å²) >= 11 is 0. The van der Waals surface area contributed by atoms with Crippen LogP contribution >= 0.6 is 0 Å². The summed E-state index contributed by atoms with van der Waals surface area (Å²) < 4.78 is 34.8. The van der Waals surface area contributed by atoms with Crippen LogP contribution < -0.4 is 37.8 Å². The summed E-state index contributed by atoms with van der Waals surface area (Å²) in [6.07, 6.45) is 27.9. The molecule has 0 amide bonds. The fraction of sp³-hybridized carbons (Fsp3) is 0.576. The van der Waals surface area contributed by atoms with Gasteiger partial charge in [0.2, 0.25) is 0 Å². The number of fused-ring (bicyclic) bond motifs is 2. The van der Waals surface area contributed by atoms with Gasteiger partial charge in [-0.25, -0.2) is 0 Å². The first kappa shape index (κ1) is 70.7.